The molecular weight excluding hydrogens is 569 g/mol. The molecule has 0 radical (unpaired) electrons. The molecular formula is C22H10BrCl2N3O3S2. The standard InChI is InChI=1S/C22H10BrCl2N3O3S2/c23-12-5-6-15-17(7-12)32-22(27-15)28(21(30)14-8-18(24)33-20(14)25)26-9-11-10-31-16-4-2-1-3-13(16)19(11)29/h1-10H/b26-9+. The van der Waals surface area contributed by atoms with Gasteiger partial charge in [-0.1, -0.05) is 62.6 Å². The van der Waals surface area contributed by atoms with Crippen molar-refractivity contribution in [2.24, 2.45) is 5.10 Å². The minimum atomic E-state index is -0.525. The summed E-state index contributed by atoms with van der Waals surface area (Å²) in [5.74, 6) is -0.525. The quantitative estimate of drug-likeness (QED) is 0.167. The second kappa shape index (κ2) is 9.00. The first-order chi connectivity index (χ1) is 15.9. The van der Waals surface area contributed by atoms with Gasteiger partial charge in [0, 0.05) is 4.47 Å². The highest BCUT2D eigenvalue weighted by molar-refractivity contribution is 9.10. The number of hydrogen-bond donors (Lipinski definition) is 0. The van der Waals surface area contributed by atoms with E-state index in [2.05, 4.69) is 26.0 Å². The Hall–Kier alpha value is -2.56. The number of rotatable bonds is 4. The number of aromatic nitrogens is 1. The normalized spacial score (nSPS) is 11.6. The zero-order chi connectivity index (χ0) is 23.1. The number of thiophene rings is 1. The third-order valence-corrected chi connectivity index (χ3v) is 7.59. The minimum Gasteiger partial charge on any atom is -0.463 e. The number of carbonyl (C=O) groups excluding carboxylic acids is 1. The molecule has 0 fully saturated rings. The van der Waals surface area contributed by atoms with Gasteiger partial charge in [-0.3, -0.25) is 9.59 Å². The molecule has 0 atom stereocenters. The van der Waals surface area contributed by atoms with Gasteiger partial charge in [-0.2, -0.15) is 10.1 Å². The lowest BCUT2D eigenvalue weighted by Gasteiger charge is -2.13. The van der Waals surface area contributed by atoms with Crippen LogP contribution < -0.4 is 10.4 Å². The Morgan fingerprint density at radius 2 is 1.97 bits per heavy atom. The molecule has 3 aromatic heterocycles. The van der Waals surface area contributed by atoms with Crippen LogP contribution in [-0.4, -0.2) is 17.1 Å². The summed E-state index contributed by atoms with van der Waals surface area (Å²) in [6, 6.07) is 14.0. The number of carbonyl (C=O) groups is 1. The summed E-state index contributed by atoms with van der Waals surface area (Å²) in [4.78, 5) is 30.8. The van der Waals surface area contributed by atoms with Crippen molar-refractivity contribution in [3.63, 3.8) is 0 Å². The molecule has 0 spiro atoms. The van der Waals surface area contributed by atoms with E-state index in [9.17, 15) is 9.59 Å². The van der Waals surface area contributed by atoms with E-state index in [-0.39, 0.29) is 20.9 Å². The van der Waals surface area contributed by atoms with Gasteiger partial charge in [0.1, 0.15) is 16.2 Å². The molecule has 11 heteroatoms. The Balaban J connectivity index is 1.62. The molecule has 0 unspecified atom stereocenters. The average molecular weight is 579 g/mol. The summed E-state index contributed by atoms with van der Waals surface area (Å²) in [6.45, 7) is 0. The van der Waals surface area contributed by atoms with E-state index in [1.165, 1.54) is 29.9 Å². The van der Waals surface area contributed by atoms with E-state index in [0.29, 0.717) is 26.0 Å². The van der Waals surface area contributed by atoms with Crippen LogP contribution in [0.2, 0.25) is 8.67 Å². The van der Waals surface area contributed by atoms with Crippen LogP contribution >= 0.6 is 61.8 Å². The molecule has 5 rings (SSSR count). The number of halogens is 3. The molecule has 33 heavy (non-hydrogen) atoms. The second-order valence-electron chi connectivity index (χ2n) is 6.72. The van der Waals surface area contributed by atoms with Gasteiger partial charge in [-0.25, -0.2) is 4.98 Å². The highest BCUT2D eigenvalue weighted by Crippen LogP contribution is 2.35. The molecule has 0 saturated carbocycles. The van der Waals surface area contributed by atoms with E-state index >= 15 is 0 Å². The lowest BCUT2D eigenvalue weighted by Crippen LogP contribution is -2.26. The fourth-order valence-electron chi connectivity index (χ4n) is 3.07. The smallest absolute Gasteiger partial charge is 0.283 e. The number of hydrogen-bond acceptors (Lipinski definition) is 7. The van der Waals surface area contributed by atoms with Crippen LogP contribution in [0, 0.1) is 0 Å². The Morgan fingerprint density at radius 3 is 2.76 bits per heavy atom. The van der Waals surface area contributed by atoms with Gasteiger partial charge in [-0.15, -0.1) is 11.3 Å². The molecule has 6 nitrogen and oxygen atoms in total. The maximum absolute atomic E-state index is 13.4. The summed E-state index contributed by atoms with van der Waals surface area (Å²) in [5, 5.41) is 6.15. The van der Waals surface area contributed by atoms with Crippen LogP contribution in [0.15, 0.2) is 73.6 Å². The van der Waals surface area contributed by atoms with Crippen molar-refractivity contribution in [2.75, 3.05) is 5.01 Å². The summed E-state index contributed by atoms with van der Waals surface area (Å²) in [5.41, 5.74) is 1.27. The number of hydrazone groups is 1. The van der Waals surface area contributed by atoms with Crippen molar-refractivity contribution < 1.29 is 9.21 Å². The van der Waals surface area contributed by atoms with E-state index < -0.39 is 5.91 Å². The van der Waals surface area contributed by atoms with Gasteiger partial charge < -0.3 is 4.42 Å². The van der Waals surface area contributed by atoms with E-state index in [0.717, 1.165) is 25.5 Å². The second-order valence-corrected chi connectivity index (χ2v) is 10.9. The number of anilines is 1. The molecule has 0 bridgehead atoms. The highest BCUT2D eigenvalue weighted by Gasteiger charge is 2.25. The minimum absolute atomic E-state index is 0.185. The number of para-hydroxylation sites is 1. The molecule has 0 saturated heterocycles. The van der Waals surface area contributed by atoms with Gasteiger partial charge >= 0.3 is 0 Å². The van der Waals surface area contributed by atoms with Crippen molar-refractivity contribution in [1.29, 1.82) is 0 Å². The predicted molar refractivity (Wildman–Crippen MR) is 139 cm³/mol. The highest BCUT2D eigenvalue weighted by atomic mass is 79.9. The Labute approximate surface area is 212 Å². The number of amides is 1. The molecule has 2 aromatic carbocycles. The Morgan fingerprint density at radius 1 is 1.15 bits per heavy atom. The van der Waals surface area contributed by atoms with Crippen molar-refractivity contribution in [2.45, 2.75) is 0 Å². The predicted octanol–water partition coefficient (Wildman–Crippen LogP) is 7.21. The maximum Gasteiger partial charge on any atom is 0.283 e. The van der Waals surface area contributed by atoms with Crippen molar-refractivity contribution >= 4 is 100 Å². The molecule has 5 aromatic rings. The number of thiazole rings is 1. The summed E-state index contributed by atoms with van der Waals surface area (Å²) in [6.07, 6.45) is 2.58. The Kier molecular flexibility index (Phi) is 6.07. The molecule has 3 heterocycles. The lowest BCUT2D eigenvalue weighted by atomic mass is 10.2. The third-order valence-electron chi connectivity index (χ3n) is 4.62. The van der Waals surface area contributed by atoms with Gasteiger partial charge in [0.05, 0.1) is 37.3 Å². The number of benzene rings is 2. The fraction of sp³-hybridized carbons (Fsp3) is 0. The topological polar surface area (TPSA) is 75.8 Å². The van der Waals surface area contributed by atoms with Crippen LogP contribution in [0.3, 0.4) is 0 Å². The first-order valence-corrected chi connectivity index (χ1v) is 12.5. The van der Waals surface area contributed by atoms with Crippen molar-refractivity contribution in [3.05, 3.63) is 89.3 Å². The zero-order valence-electron chi connectivity index (χ0n) is 16.3. The SMILES string of the molecule is O=C(c1cc(Cl)sc1Cl)N(/N=C/c1coc2ccccc2c1=O)c1nc2ccc(Br)cc2s1. The number of fused-ring (bicyclic) bond motifs is 2. The number of nitrogens with zero attached hydrogens (tertiary/aromatic N) is 3. The first-order valence-electron chi connectivity index (χ1n) is 9.30. The molecule has 0 aliphatic carbocycles. The molecule has 0 N–H and O–H groups in total. The largest absolute Gasteiger partial charge is 0.463 e. The van der Waals surface area contributed by atoms with Gasteiger partial charge in [0.25, 0.3) is 5.91 Å². The van der Waals surface area contributed by atoms with Crippen LogP contribution in [0.1, 0.15) is 15.9 Å². The van der Waals surface area contributed by atoms with Crippen LogP contribution in [-0.2, 0) is 0 Å². The zero-order valence-corrected chi connectivity index (χ0v) is 21.0. The lowest BCUT2D eigenvalue weighted by molar-refractivity contribution is 0.0988. The van der Waals surface area contributed by atoms with E-state index in [1.807, 2.05) is 18.2 Å². The summed E-state index contributed by atoms with van der Waals surface area (Å²) < 4.78 is 7.88. The maximum atomic E-state index is 13.4. The monoisotopic (exact) mass is 577 g/mol. The fourth-order valence-corrected chi connectivity index (χ4v) is 5.99. The van der Waals surface area contributed by atoms with Crippen molar-refractivity contribution in [3.8, 4) is 0 Å². The molecule has 0 aliphatic heterocycles. The van der Waals surface area contributed by atoms with Crippen LogP contribution in [0.25, 0.3) is 21.2 Å². The Bertz CT molecular complexity index is 1630. The van der Waals surface area contributed by atoms with Crippen LogP contribution in [0.5, 0.6) is 0 Å². The van der Waals surface area contributed by atoms with Gasteiger partial charge in [-0.05, 0) is 36.4 Å². The molecule has 0 aliphatic rings. The molecule has 1 amide bonds. The summed E-state index contributed by atoms with van der Waals surface area (Å²) >= 11 is 18.1. The molecule has 164 valence electrons. The van der Waals surface area contributed by atoms with Gasteiger partial charge in [0.15, 0.2) is 0 Å². The summed E-state index contributed by atoms with van der Waals surface area (Å²) in [7, 11) is 0. The van der Waals surface area contributed by atoms with Crippen molar-refractivity contribution in [1.82, 2.24) is 4.98 Å². The average Bonchev–Trinajstić information content (AvgIpc) is 3.37. The third kappa shape index (κ3) is 4.34. The van der Waals surface area contributed by atoms with Gasteiger partial charge in [0.2, 0.25) is 10.6 Å². The first kappa shape index (κ1) is 22.2. The van der Waals surface area contributed by atoms with Crippen LogP contribution in [0.4, 0.5) is 5.13 Å². The van der Waals surface area contributed by atoms with E-state index in [4.69, 9.17) is 27.6 Å². The van der Waals surface area contributed by atoms with E-state index in [1.54, 1.807) is 24.3 Å².